The molecular weight excluding hydrogens is 510 g/mol. The topological polar surface area (TPSA) is 259 Å². The van der Waals surface area contributed by atoms with Crippen molar-refractivity contribution in [2.75, 3.05) is 0 Å². The Balaban J connectivity index is 1.79. The van der Waals surface area contributed by atoms with Crippen molar-refractivity contribution in [2.24, 2.45) is 0 Å². The number of ether oxygens (including phenoxy) is 4. The summed E-state index contributed by atoms with van der Waals surface area (Å²) in [5, 5.41) is 33.0. The van der Waals surface area contributed by atoms with Crippen molar-refractivity contribution in [3.8, 4) is 0 Å². The fraction of sp³-hybridized carbons (Fsp3) is 0.111. The van der Waals surface area contributed by atoms with E-state index >= 15 is 0 Å². The predicted molar refractivity (Wildman–Crippen MR) is 112 cm³/mol. The van der Waals surface area contributed by atoms with E-state index < -0.39 is 69.4 Å². The number of nitrogens with zero attached hydrogens (tertiary/aromatic N) is 3. The second kappa shape index (κ2) is 12.5. The molecule has 0 saturated heterocycles. The van der Waals surface area contributed by atoms with Gasteiger partial charge in [0.15, 0.2) is 0 Å². The molecule has 0 heterocycles. The molecule has 37 heavy (non-hydrogen) atoms. The number of para-hydroxylation sites is 1. The molecule has 2 aromatic rings. The van der Waals surface area contributed by atoms with Gasteiger partial charge in [0, 0.05) is 18.2 Å². The normalized spacial score (nSPS) is 9.84. The lowest BCUT2D eigenvalue weighted by Gasteiger charge is -2.08. The number of nitro benzene ring substituents is 3. The molecular formula is C18H13N5O14. The van der Waals surface area contributed by atoms with Gasteiger partial charge in [-0.15, -0.1) is 0 Å². The van der Waals surface area contributed by atoms with Crippen molar-refractivity contribution >= 4 is 41.6 Å². The number of hydrogen-bond donors (Lipinski definition) is 2. The Morgan fingerprint density at radius 1 is 0.649 bits per heavy atom. The number of carbonyl (C=O) groups excluding carboxylic acids is 4. The molecule has 0 fully saturated rings. The highest BCUT2D eigenvalue weighted by Gasteiger charge is 2.26. The van der Waals surface area contributed by atoms with Crippen LogP contribution in [0.4, 0.5) is 36.2 Å². The summed E-state index contributed by atoms with van der Waals surface area (Å²) in [6, 6.07) is 8.14. The molecule has 0 aromatic heterocycles. The summed E-state index contributed by atoms with van der Waals surface area (Å²) in [5.74, 6) is 0. The molecule has 2 aromatic carbocycles. The molecule has 2 N–H and O–H groups in total. The van der Waals surface area contributed by atoms with E-state index in [4.69, 9.17) is 0 Å². The van der Waals surface area contributed by atoms with E-state index in [1.54, 1.807) is 0 Å². The second-order valence-corrected chi connectivity index (χ2v) is 6.28. The van der Waals surface area contributed by atoms with Gasteiger partial charge in [0.1, 0.15) is 18.8 Å². The van der Waals surface area contributed by atoms with Crippen LogP contribution < -0.4 is 10.9 Å². The van der Waals surface area contributed by atoms with Crippen molar-refractivity contribution in [2.45, 2.75) is 13.2 Å². The van der Waals surface area contributed by atoms with Crippen LogP contribution in [0.15, 0.2) is 42.5 Å². The van der Waals surface area contributed by atoms with Gasteiger partial charge >= 0.3 is 24.5 Å². The van der Waals surface area contributed by atoms with Crippen LogP contribution in [-0.4, -0.2) is 39.3 Å². The molecule has 0 radical (unpaired) electrons. The highest BCUT2D eigenvalue weighted by Crippen LogP contribution is 2.28. The van der Waals surface area contributed by atoms with Crippen LogP contribution in [0.3, 0.4) is 0 Å². The third-order valence-electron chi connectivity index (χ3n) is 4.01. The molecule has 0 aliphatic carbocycles. The molecule has 0 atom stereocenters. The monoisotopic (exact) mass is 523 g/mol. The molecule has 0 bridgehead atoms. The molecule has 2 amide bonds. The molecule has 2 rings (SSSR count). The first kappa shape index (κ1) is 27.4. The molecule has 0 aliphatic heterocycles. The Hall–Kier alpha value is -5.88. The number of benzene rings is 2. The van der Waals surface area contributed by atoms with Crippen LogP contribution in [0.5, 0.6) is 0 Å². The van der Waals surface area contributed by atoms with E-state index in [1.807, 2.05) is 0 Å². The van der Waals surface area contributed by atoms with Gasteiger partial charge in [-0.3, -0.25) is 30.3 Å². The minimum Gasteiger partial charge on any atom is -0.429 e. The van der Waals surface area contributed by atoms with E-state index in [9.17, 15) is 49.5 Å². The zero-order valence-corrected chi connectivity index (χ0v) is 18.0. The van der Waals surface area contributed by atoms with E-state index in [0.717, 1.165) is 24.3 Å². The van der Waals surface area contributed by atoms with Crippen molar-refractivity contribution in [1.29, 1.82) is 0 Å². The summed E-state index contributed by atoms with van der Waals surface area (Å²) >= 11 is 0. The lowest BCUT2D eigenvalue weighted by atomic mass is 10.1. The first-order valence-electron chi connectivity index (χ1n) is 9.41. The van der Waals surface area contributed by atoms with Gasteiger partial charge in [-0.2, -0.15) is 0 Å². The maximum atomic E-state index is 11.6. The zero-order valence-electron chi connectivity index (χ0n) is 18.0. The Bertz CT molecular complexity index is 1230. The maximum absolute atomic E-state index is 11.6. The number of amides is 2. The zero-order chi connectivity index (χ0) is 27.5. The molecule has 194 valence electrons. The van der Waals surface area contributed by atoms with Crippen molar-refractivity contribution in [1.82, 2.24) is 10.9 Å². The highest BCUT2D eigenvalue weighted by atomic mass is 16.8. The average Bonchev–Trinajstić information content (AvgIpc) is 2.84. The van der Waals surface area contributed by atoms with Gasteiger partial charge in [-0.05, 0) is 12.1 Å². The fourth-order valence-corrected chi connectivity index (χ4v) is 2.49. The SMILES string of the molecule is O=C(NNC(=O)OC(=O)OCc1c([N+](=O)[O-])cccc1[N+](=O)[O-])OC(=O)OCc1ccccc1[N+](=O)[O-]. The lowest BCUT2D eigenvalue weighted by molar-refractivity contribution is -0.396. The van der Waals surface area contributed by atoms with E-state index in [0.29, 0.717) is 0 Å². The molecule has 19 nitrogen and oxygen atoms in total. The summed E-state index contributed by atoms with van der Waals surface area (Å²) in [5.41, 5.74) is 0.553. The first-order valence-corrected chi connectivity index (χ1v) is 9.41. The predicted octanol–water partition coefficient (Wildman–Crippen LogP) is 2.75. The second-order valence-electron chi connectivity index (χ2n) is 6.28. The third-order valence-corrected chi connectivity index (χ3v) is 4.01. The summed E-state index contributed by atoms with van der Waals surface area (Å²) in [6.07, 6.45) is -6.65. The maximum Gasteiger partial charge on any atom is 0.517 e. The number of nitrogens with one attached hydrogen (secondary N) is 2. The van der Waals surface area contributed by atoms with Crippen LogP contribution in [0.2, 0.25) is 0 Å². The molecule has 0 saturated carbocycles. The third kappa shape index (κ3) is 8.13. The molecule has 0 aliphatic rings. The van der Waals surface area contributed by atoms with Crippen molar-refractivity contribution in [3.05, 3.63) is 83.9 Å². The van der Waals surface area contributed by atoms with Crippen LogP contribution in [0, 0.1) is 30.3 Å². The highest BCUT2D eigenvalue weighted by molar-refractivity contribution is 5.84. The van der Waals surface area contributed by atoms with Crippen molar-refractivity contribution in [3.63, 3.8) is 0 Å². The quantitative estimate of drug-likeness (QED) is 0.229. The Labute approximate surface area is 203 Å². The standard InChI is InChI=1S/C18H13N5O14/c24-15(36-17(26)34-8-10-4-1-2-5-12(10)21(28)29)19-20-16(25)37-18(27)35-9-11-13(22(30)31)6-3-7-14(11)23(32)33/h1-7H,8-9H2,(H,19,24)(H,20,25). The van der Waals surface area contributed by atoms with Crippen LogP contribution in [-0.2, 0) is 32.2 Å². The van der Waals surface area contributed by atoms with E-state index in [2.05, 4.69) is 18.9 Å². The minimum atomic E-state index is -1.76. The summed E-state index contributed by atoms with van der Waals surface area (Å²) in [7, 11) is 0. The first-order chi connectivity index (χ1) is 17.5. The Morgan fingerprint density at radius 2 is 1.08 bits per heavy atom. The van der Waals surface area contributed by atoms with Crippen molar-refractivity contribution < 1.29 is 52.9 Å². The average molecular weight is 523 g/mol. The smallest absolute Gasteiger partial charge is 0.429 e. The van der Waals surface area contributed by atoms with Crippen LogP contribution in [0.1, 0.15) is 11.1 Å². The number of nitro groups is 3. The summed E-state index contributed by atoms with van der Waals surface area (Å²) in [6.45, 7) is -1.64. The summed E-state index contributed by atoms with van der Waals surface area (Å²) < 4.78 is 17.2. The lowest BCUT2D eigenvalue weighted by Crippen LogP contribution is -2.43. The Kier molecular flexibility index (Phi) is 9.28. The number of hydrazine groups is 1. The minimum absolute atomic E-state index is 0.00348. The van der Waals surface area contributed by atoms with Crippen LogP contribution >= 0.6 is 0 Å². The number of rotatable bonds is 7. The van der Waals surface area contributed by atoms with E-state index in [-0.39, 0.29) is 11.3 Å². The fourth-order valence-electron chi connectivity index (χ4n) is 2.49. The van der Waals surface area contributed by atoms with Gasteiger partial charge in [-0.25, -0.2) is 30.0 Å². The van der Waals surface area contributed by atoms with Gasteiger partial charge in [-0.1, -0.05) is 12.1 Å². The Morgan fingerprint density at radius 3 is 1.57 bits per heavy atom. The van der Waals surface area contributed by atoms with Gasteiger partial charge < -0.3 is 18.9 Å². The molecule has 19 heteroatoms. The molecule has 0 spiro atoms. The summed E-state index contributed by atoms with van der Waals surface area (Å²) in [4.78, 5) is 76.4. The largest absolute Gasteiger partial charge is 0.517 e. The number of hydrogen-bond acceptors (Lipinski definition) is 14. The van der Waals surface area contributed by atoms with Gasteiger partial charge in [0.05, 0.1) is 20.3 Å². The van der Waals surface area contributed by atoms with Gasteiger partial charge in [0.2, 0.25) is 0 Å². The van der Waals surface area contributed by atoms with Gasteiger partial charge in [0.25, 0.3) is 17.1 Å². The molecule has 0 unspecified atom stereocenters. The van der Waals surface area contributed by atoms with E-state index in [1.165, 1.54) is 29.1 Å². The number of carbonyl (C=O) groups is 4. The van der Waals surface area contributed by atoms with Crippen LogP contribution in [0.25, 0.3) is 0 Å².